The summed E-state index contributed by atoms with van der Waals surface area (Å²) in [6.45, 7) is 0. The van der Waals surface area contributed by atoms with Gasteiger partial charge in [0.1, 0.15) is 5.75 Å². The van der Waals surface area contributed by atoms with Crippen LogP contribution >= 0.6 is 22.9 Å². The maximum atomic E-state index is 12.0. The molecule has 0 spiro atoms. The van der Waals surface area contributed by atoms with E-state index in [0.717, 1.165) is 5.56 Å². The van der Waals surface area contributed by atoms with E-state index in [4.69, 9.17) is 16.3 Å². The molecule has 0 fully saturated rings. The highest BCUT2D eigenvalue weighted by molar-refractivity contribution is 7.12. The van der Waals surface area contributed by atoms with Gasteiger partial charge in [0.15, 0.2) is 0 Å². The lowest BCUT2D eigenvalue weighted by Gasteiger charge is -2.04. The molecule has 26 heavy (non-hydrogen) atoms. The van der Waals surface area contributed by atoms with Crippen LogP contribution in [0.3, 0.4) is 0 Å². The van der Waals surface area contributed by atoms with E-state index in [0.29, 0.717) is 21.2 Å². The number of hydrogen-bond donors (Lipinski definition) is 1. The van der Waals surface area contributed by atoms with Crippen molar-refractivity contribution in [3.05, 3.63) is 87.1 Å². The van der Waals surface area contributed by atoms with Gasteiger partial charge in [-0.05, 0) is 65.5 Å². The molecule has 1 heterocycles. The fraction of sp³-hybridized carbons (Fsp3) is 0. The van der Waals surface area contributed by atoms with Crippen LogP contribution in [0.4, 0.5) is 0 Å². The van der Waals surface area contributed by atoms with Gasteiger partial charge in [-0.3, -0.25) is 4.79 Å². The summed E-state index contributed by atoms with van der Waals surface area (Å²) in [7, 11) is 0. The molecular weight excluding hydrogens is 372 g/mol. The molecule has 0 aliphatic rings. The van der Waals surface area contributed by atoms with E-state index in [1.54, 1.807) is 60.7 Å². The van der Waals surface area contributed by atoms with Crippen LogP contribution in [0, 0.1) is 0 Å². The van der Waals surface area contributed by atoms with Crippen LogP contribution in [0.15, 0.2) is 71.1 Å². The van der Waals surface area contributed by atoms with Crippen molar-refractivity contribution < 1.29 is 14.3 Å². The molecule has 0 aliphatic heterocycles. The summed E-state index contributed by atoms with van der Waals surface area (Å²) in [5.74, 6) is -0.319. The molecule has 0 aliphatic carbocycles. The molecule has 1 N–H and O–H groups in total. The van der Waals surface area contributed by atoms with E-state index in [1.165, 1.54) is 17.6 Å². The third-order valence-corrected chi connectivity index (χ3v) is 4.42. The number of carbonyl (C=O) groups excluding carboxylic acids is 2. The standard InChI is InChI=1S/C19H13ClN2O3S/c20-15-7-5-14(6-8-15)19(24)25-16-9-3-13(4-10-16)12-21-22-18(23)17-2-1-11-26-17/h1-12H,(H,22,23). The Kier molecular flexibility index (Phi) is 5.78. The second-order valence-electron chi connectivity index (χ2n) is 5.14. The second-order valence-corrected chi connectivity index (χ2v) is 6.53. The Morgan fingerprint density at radius 2 is 1.77 bits per heavy atom. The highest BCUT2D eigenvalue weighted by Gasteiger charge is 2.08. The van der Waals surface area contributed by atoms with E-state index in [9.17, 15) is 9.59 Å². The number of carbonyl (C=O) groups is 2. The lowest BCUT2D eigenvalue weighted by molar-refractivity contribution is 0.0734. The first kappa shape index (κ1) is 17.8. The number of rotatable bonds is 5. The zero-order valence-corrected chi connectivity index (χ0v) is 15.0. The monoisotopic (exact) mass is 384 g/mol. The highest BCUT2D eigenvalue weighted by Crippen LogP contribution is 2.15. The Morgan fingerprint density at radius 3 is 2.42 bits per heavy atom. The normalized spacial score (nSPS) is 10.7. The first-order chi connectivity index (χ1) is 12.6. The maximum Gasteiger partial charge on any atom is 0.343 e. The summed E-state index contributed by atoms with van der Waals surface area (Å²) in [5.41, 5.74) is 3.62. The smallest absolute Gasteiger partial charge is 0.343 e. The number of hydrogen-bond acceptors (Lipinski definition) is 5. The Balaban J connectivity index is 1.56. The summed E-state index contributed by atoms with van der Waals surface area (Å²) < 4.78 is 5.29. The van der Waals surface area contributed by atoms with Crippen molar-refractivity contribution in [2.75, 3.05) is 0 Å². The van der Waals surface area contributed by atoms with Crippen molar-refractivity contribution in [1.82, 2.24) is 5.43 Å². The number of halogens is 1. The third-order valence-electron chi connectivity index (χ3n) is 3.30. The van der Waals surface area contributed by atoms with Crippen LogP contribution in [0.1, 0.15) is 25.6 Å². The summed E-state index contributed by atoms with van der Waals surface area (Å²) in [6, 6.07) is 16.7. The van der Waals surface area contributed by atoms with Crippen molar-refractivity contribution in [2.24, 2.45) is 5.10 Å². The van der Waals surface area contributed by atoms with Crippen molar-refractivity contribution in [3.63, 3.8) is 0 Å². The fourth-order valence-corrected chi connectivity index (χ4v) is 2.74. The highest BCUT2D eigenvalue weighted by atomic mass is 35.5. The van der Waals surface area contributed by atoms with Gasteiger partial charge in [-0.15, -0.1) is 11.3 Å². The average Bonchev–Trinajstić information content (AvgIpc) is 3.18. The van der Waals surface area contributed by atoms with Crippen molar-refractivity contribution in [1.29, 1.82) is 0 Å². The summed E-state index contributed by atoms with van der Waals surface area (Å²) in [4.78, 5) is 24.4. The van der Waals surface area contributed by atoms with Gasteiger partial charge in [0.2, 0.25) is 0 Å². The molecule has 0 radical (unpaired) electrons. The molecule has 1 amide bonds. The summed E-state index contributed by atoms with van der Waals surface area (Å²) in [6.07, 6.45) is 1.51. The first-order valence-corrected chi connectivity index (χ1v) is 8.82. The number of ether oxygens (including phenoxy) is 1. The SMILES string of the molecule is O=C(Oc1ccc(C=NNC(=O)c2cccs2)cc1)c1ccc(Cl)cc1. The minimum atomic E-state index is -0.466. The molecule has 0 bridgehead atoms. The molecule has 0 saturated heterocycles. The minimum absolute atomic E-state index is 0.259. The van der Waals surface area contributed by atoms with Gasteiger partial charge in [-0.25, -0.2) is 10.2 Å². The zero-order valence-electron chi connectivity index (χ0n) is 13.4. The van der Waals surface area contributed by atoms with Crippen LogP contribution in [0.2, 0.25) is 5.02 Å². The zero-order chi connectivity index (χ0) is 18.4. The van der Waals surface area contributed by atoms with Crippen LogP contribution < -0.4 is 10.2 Å². The summed E-state index contributed by atoms with van der Waals surface area (Å²) >= 11 is 7.14. The fourth-order valence-electron chi connectivity index (χ4n) is 2.00. The second kappa shape index (κ2) is 8.42. The Morgan fingerprint density at radius 1 is 1.04 bits per heavy atom. The molecule has 1 aromatic heterocycles. The molecule has 3 rings (SSSR count). The van der Waals surface area contributed by atoms with E-state index in [2.05, 4.69) is 10.5 Å². The van der Waals surface area contributed by atoms with Gasteiger partial charge in [-0.1, -0.05) is 17.7 Å². The molecule has 5 nitrogen and oxygen atoms in total. The average molecular weight is 385 g/mol. The van der Waals surface area contributed by atoms with Gasteiger partial charge >= 0.3 is 5.97 Å². The number of hydrazone groups is 1. The predicted octanol–water partition coefficient (Wildman–Crippen LogP) is 4.38. The first-order valence-electron chi connectivity index (χ1n) is 7.56. The van der Waals surface area contributed by atoms with E-state index >= 15 is 0 Å². The molecule has 130 valence electrons. The number of thiophene rings is 1. The van der Waals surface area contributed by atoms with Crippen molar-refractivity contribution in [2.45, 2.75) is 0 Å². The molecule has 7 heteroatoms. The van der Waals surface area contributed by atoms with Gasteiger partial charge in [0.25, 0.3) is 5.91 Å². The lowest BCUT2D eigenvalue weighted by Crippen LogP contribution is -2.16. The topological polar surface area (TPSA) is 67.8 Å². The lowest BCUT2D eigenvalue weighted by atomic mass is 10.2. The molecule has 0 atom stereocenters. The quantitative estimate of drug-likeness (QED) is 0.307. The molecule has 0 saturated carbocycles. The van der Waals surface area contributed by atoms with E-state index in [1.807, 2.05) is 5.38 Å². The molecule has 0 unspecified atom stereocenters. The molecule has 2 aromatic carbocycles. The largest absolute Gasteiger partial charge is 0.423 e. The van der Waals surface area contributed by atoms with Crippen LogP contribution in [0.25, 0.3) is 0 Å². The number of nitrogens with one attached hydrogen (secondary N) is 1. The van der Waals surface area contributed by atoms with E-state index < -0.39 is 5.97 Å². The van der Waals surface area contributed by atoms with Gasteiger partial charge < -0.3 is 4.74 Å². The van der Waals surface area contributed by atoms with Crippen molar-refractivity contribution in [3.8, 4) is 5.75 Å². The Labute approximate surface area is 158 Å². The Hall–Kier alpha value is -2.96. The molecule has 3 aromatic rings. The summed E-state index contributed by atoms with van der Waals surface area (Å²) in [5, 5.41) is 6.28. The van der Waals surface area contributed by atoms with Crippen molar-refractivity contribution >= 4 is 41.0 Å². The van der Waals surface area contributed by atoms with Gasteiger partial charge in [0, 0.05) is 5.02 Å². The number of esters is 1. The predicted molar refractivity (Wildman–Crippen MR) is 102 cm³/mol. The molecular formula is C19H13ClN2O3S. The maximum absolute atomic E-state index is 12.0. The van der Waals surface area contributed by atoms with Crippen LogP contribution in [-0.2, 0) is 0 Å². The third kappa shape index (κ3) is 4.78. The Bertz CT molecular complexity index is 920. The van der Waals surface area contributed by atoms with E-state index in [-0.39, 0.29) is 5.91 Å². The number of amides is 1. The van der Waals surface area contributed by atoms with Gasteiger partial charge in [0.05, 0.1) is 16.7 Å². The van der Waals surface area contributed by atoms with Crippen LogP contribution in [0.5, 0.6) is 5.75 Å². The van der Waals surface area contributed by atoms with Crippen LogP contribution in [-0.4, -0.2) is 18.1 Å². The number of nitrogens with zero attached hydrogens (tertiary/aromatic N) is 1. The minimum Gasteiger partial charge on any atom is -0.423 e. The van der Waals surface area contributed by atoms with Gasteiger partial charge in [-0.2, -0.15) is 5.10 Å². The number of benzene rings is 2.